The summed E-state index contributed by atoms with van der Waals surface area (Å²) >= 11 is 1.30. The van der Waals surface area contributed by atoms with Gasteiger partial charge in [-0.15, -0.1) is 11.8 Å². The van der Waals surface area contributed by atoms with Crippen molar-refractivity contribution in [3.8, 4) is 0 Å². The van der Waals surface area contributed by atoms with Crippen molar-refractivity contribution in [1.82, 2.24) is 5.32 Å². The molecule has 0 fully saturated rings. The molecule has 0 aromatic carbocycles. The Balaban J connectivity index is 2.78. The van der Waals surface area contributed by atoms with Crippen LogP contribution in [0.5, 0.6) is 0 Å². The van der Waals surface area contributed by atoms with Crippen molar-refractivity contribution in [1.29, 1.82) is 0 Å². The predicted molar refractivity (Wildman–Crippen MR) is 79.0 cm³/mol. The van der Waals surface area contributed by atoms with Gasteiger partial charge >= 0.3 is 11.9 Å². The molecular weight excluding hydrogens is 298 g/mol. The SMILES string of the molecule is C[C@@H](O)C(C(=O)O)[C@H]1CC(SCCN=CN)=C(C(=O)O)N1. The molecule has 1 unspecified atom stereocenters. The molecule has 0 spiro atoms. The van der Waals surface area contributed by atoms with E-state index in [1.54, 1.807) is 0 Å². The Morgan fingerprint density at radius 3 is 2.71 bits per heavy atom. The summed E-state index contributed by atoms with van der Waals surface area (Å²) in [6.45, 7) is 1.82. The van der Waals surface area contributed by atoms with Gasteiger partial charge in [-0.3, -0.25) is 9.79 Å². The van der Waals surface area contributed by atoms with Crippen LogP contribution in [0.3, 0.4) is 0 Å². The van der Waals surface area contributed by atoms with Gasteiger partial charge in [0, 0.05) is 23.1 Å². The first-order valence-electron chi connectivity index (χ1n) is 6.35. The van der Waals surface area contributed by atoms with Gasteiger partial charge in [0.25, 0.3) is 0 Å². The van der Waals surface area contributed by atoms with Crippen LogP contribution in [-0.4, -0.2) is 58.0 Å². The number of carboxylic acid groups (broad SMARTS) is 2. The van der Waals surface area contributed by atoms with Crippen LogP contribution in [0.1, 0.15) is 13.3 Å². The number of nitrogens with one attached hydrogen (secondary N) is 1. The molecule has 0 amide bonds. The highest BCUT2D eigenvalue weighted by Crippen LogP contribution is 2.33. The summed E-state index contributed by atoms with van der Waals surface area (Å²) in [5.41, 5.74) is 5.11. The molecule has 8 nitrogen and oxygen atoms in total. The number of carboxylic acids is 2. The van der Waals surface area contributed by atoms with Crippen molar-refractivity contribution in [2.24, 2.45) is 16.6 Å². The van der Waals surface area contributed by atoms with E-state index in [1.807, 2.05) is 0 Å². The van der Waals surface area contributed by atoms with Gasteiger partial charge in [-0.1, -0.05) is 0 Å². The van der Waals surface area contributed by atoms with Crippen LogP contribution in [0.15, 0.2) is 15.6 Å². The van der Waals surface area contributed by atoms with Crippen LogP contribution in [0, 0.1) is 5.92 Å². The van der Waals surface area contributed by atoms with E-state index in [0.29, 0.717) is 17.2 Å². The van der Waals surface area contributed by atoms with Gasteiger partial charge in [0.05, 0.1) is 19.0 Å². The fourth-order valence-electron chi connectivity index (χ4n) is 2.16. The average Bonchev–Trinajstić information content (AvgIpc) is 2.77. The molecule has 0 saturated heterocycles. The molecule has 0 saturated carbocycles. The topological polar surface area (TPSA) is 145 Å². The maximum absolute atomic E-state index is 11.2. The number of aliphatic hydroxyl groups excluding tert-OH is 1. The number of nitrogens with two attached hydrogens (primary N) is 1. The second-order valence-electron chi connectivity index (χ2n) is 4.57. The van der Waals surface area contributed by atoms with Crippen molar-refractivity contribution in [3.63, 3.8) is 0 Å². The van der Waals surface area contributed by atoms with Crippen molar-refractivity contribution in [3.05, 3.63) is 10.6 Å². The fraction of sp³-hybridized carbons (Fsp3) is 0.583. The summed E-state index contributed by atoms with van der Waals surface area (Å²) < 4.78 is 0. The van der Waals surface area contributed by atoms with Crippen molar-refractivity contribution < 1.29 is 24.9 Å². The standard InChI is InChI=1S/C12H19N3O5S/c1-6(16)9(11(17)18)7-4-8(10(15-7)12(19)20)21-3-2-14-5-13/h5-7,9,15-16H,2-4H2,1H3,(H2,13,14)(H,17,18)(H,19,20)/t6-,7-,9?/m1/s1. The maximum atomic E-state index is 11.2. The van der Waals surface area contributed by atoms with Gasteiger partial charge in [0.2, 0.25) is 0 Å². The van der Waals surface area contributed by atoms with Gasteiger partial charge in [-0.05, 0) is 6.92 Å². The highest BCUT2D eigenvalue weighted by Gasteiger charge is 2.39. The van der Waals surface area contributed by atoms with E-state index < -0.39 is 30.0 Å². The van der Waals surface area contributed by atoms with E-state index >= 15 is 0 Å². The summed E-state index contributed by atoms with van der Waals surface area (Å²) in [4.78, 5) is 26.8. The summed E-state index contributed by atoms with van der Waals surface area (Å²) in [6, 6.07) is -0.644. The lowest BCUT2D eigenvalue weighted by atomic mass is 9.93. The zero-order valence-electron chi connectivity index (χ0n) is 11.5. The highest BCUT2D eigenvalue weighted by atomic mass is 32.2. The summed E-state index contributed by atoms with van der Waals surface area (Å²) in [7, 11) is 0. The predicted octanol–water partition coefficient (Wildman–Crippen LogP) is -0.554. The number of hydrogen-bond acceptors (Lipinski definition) is 6. The Morgan fingerprint density at radius 1 is 1.57 bits per heavy atom. The van der Waals surface area contributed by atoms with Gasteiger partial charge < -0.3 is 26.4 Å². The van der Waals surface area contributed by atoms with Gasteiger partial charge in [-0.2, -0.15) is 0 Å². The monoisotopic (exact) mass is 317 g/mol. The molecule has 1 rings (SSSR count). The highest BCUT2D eigenvalue weighted by molar-refractivity contribution is 8.03. The lowest BCUT2D eigenvalue weighted by Crippen LogP contribution is -2.43. The first kappa shape index (κ1) is 17.3. The maximum Gasteiger partial charge on any atom is 0.352 e. The lowest BCUT2D eigenvalue weighted by Gasteiger charge is -2.23. The average molecular weight is 317 g/mol. The van der Waals surface area contributed by atoms with Crippen LogP contribution in [0.4, 0.5) is 0 Å². The van der Waals surface area contributed by atoms with Gasteiger partial charge in [0.15, 0.2) is 0 Å². The Morgan fingerprint density at radius 2 is 2.24 bits per heavy atom. The molecule has 0 aromatic rings. The van der Waals surface area contributed by atoms with Crippen LogP contribution in [0.2, 0.25) is 0 Å². The second kappa shape index (κ2) is 7.89. The van der Waals surface area contributed by atoms with Crippen LogP contribution < -0.4 is 11.1 Å². The van der Waals surface area contributed by atoms with Crippen LogP contribution >= 0.6 is 11.8 Å². The Hall–Kier alpha value is -1.74. The number of thioether (sulfide) groups is 1. The van der Waals surface area contributed by atoms with E-state index in [4.69, 9.17) is 15.9 Å². The third-order valence-corrected chi connectivity index (χ3v) is 4.17. The summed E-state index contributed by atoms with van der Waals surface area (Å²) in [5, 5.41) is 30.6. The minimum atomic E-state index is -1.16. The molecule has 1 aliphatic heterocycles. The zero-order chi connectivity index (χ0) is 16.0. The molecule has 0 aromatic heterocycles. The first-order valence-corrected chi connectivity index (χ1v) is 7.33. The third kappa shape index (κ3) is 4.64. The number of aliphatic hydroxyl groups is 1. The van der Waals surface area contributed by atoms with E-state index in [-0.39, 0.29) is 12.1 Å². The minimum Gasteiger partial charge on any atom is -0.481 e. The molecule has 21 heavy (non-hydrogen) atoms. The molecule has 1 aliphatic rings. The number of nitrogens with zero attached hydrogens (tertiary/aromatic N) is 1. The van der Waals surface area contributed by atoms with E-state index in [1.165, 1.54) is 25.0 Å². The third-order valence-electron chi connectivity index (χ3n) is 3.07. The van der Waals surface area contributed by atoms with Crippen LogP contribution in [-0.2, 0) is 9.59 Å². The molecule has 1 heterocycles. The largest absolute Gasteiger partial charge is 0.481 e. The smallest absolute Gasteiger partial charge is 0.352 e. The molecular formula is C12H19N3O5S. The van der Waals surface area contributed by atoms with Crippen molar-refractivity contribution in [2.45, 2.75) is 25.5 Å². The number of rotatable bonds is 8. The molecule has 118 valence electrons. The lowest BCUT2D eigenvalue weighted by molar-refractivity contribution is -0.146. The first-order chi connectivity index (χ1) is 9.88. The Kier molecular flexibility index (Phi) is 6.50. The number of hydrogen-bond donors (Lipinski definition) is 5. The molecule has 0 bridgehead atoms. The molecule has 6 N–H and O–H groups in total. The normalized spacial score (nSPS) is 21.3. The molecule has 9 heteroatoms. The zero-order valence-corrected chi connectivity index (χ0v) is 12.3. The van der Waals surface area contributed by atoms with E-state index in [9.17, 15) is 14.7 Å². The summed E-state index contributed by atoms with van der Waals surface area (Å²) in [6.07, 6.45) is 0.346. The van der Waals surface area contributed by atoms with Crippen molar-refractivity contribution >= 4 is 30.0 Å². The van der Waals surface area contributed by atoms with Gasteiger partial charge in [-0.25, -0.2) is 4.79 Å². The number of aliphatic imine (C=N–C) groups is 1. The summed E-state index contributed by atoms with van der Waals surface area (Å²) in [5.74, 6) is -2.83. The number of carbonyl (C=O) groups is 2. The van der Waals surface area contributed by atoms with E-state index in [0.717, 1.165) is 0 Å². The van der Waals surface area contributed by atoms with E-state index in [2.05, 4.69) is 10.3 Å². The van der Waals surface area contributed by atoms with Gasteiger partial charge in [0.1, 0.15) is 11.6 Å². The molecule has 3 atom stereocenters. The second-order valence-corrected chi connectivity index (χ2v) is 5.76. The van der Waals surface area contributed by atoms with Crippen LogP contribution in [0.25, 0.3) is 0 Å². The molecule has 0 aliphatic carbocycles. The Bertz CT molecular complexity index is 464. The quantitative estimate of drug-likeness (QED) is 0.228. The molecule has 0 radical (unpaired) electrons. The fourth-order valence-corrected chi connectivity index (χ4v) is 3.19. The van der Waals surface area contributed by atoms with Crippen molar-refractivity contribution in [2.75, 3.05) is 12.3 Å². The minimum absolute atomic E-state index is 0.00590. The Labute approximate surface area is 126 Å². The number of aliphatic carboxylic acids is 2.